The molecule has 0 spiro atoms. The third-order valence-electron chi connectivity index (χ3n) is 4.42. The van der Waals surface area contributed by atoms with Gasteiger partial charge in [-0.25, -0.2) is 4.39 Å². The van der Waals surface area contributed by atoms with Crippen molar-refractivity contribution in [3.05, 3.63) is 59.9 Å². The molecule has 0 atom stereocenters. The number of rotatable bonds is 5. The van der Waals surface area contributed by atoms with Crippen molar-refractivity contribution in [2.75, 3.05) is 23.8 Å². The summed E-state index contributed by atoms with van der Waals surface area (Å²) in [5.74, 6) is -1.21. The highest BCUT2D eigenvalue weighted by Gasteiger charge is 2.27. The third-order valence-corrected chi connectivity index (χ3v) is 4.42. The molecule has 1 N–H and O–H groups in total. The van der Waals surface area contributed by atoms with Gasteiger partial charge in [-0.05, 0) is 18.2 Å². The molecular weight excluding hydrogens is 349 g/mol. The van der Waals surface area contributed by atoms with Crippen LogP contribution in [-0.2, 0) is 20.9 Å². The van der Waals surface area contributed by atoms with Crippen LogP contribution in [0.25, 0.3) is 0 Å². The van der Waals surface area contributed by atoms with E-state index in [0.717, 1.165) is 0 Å². The Morgan fingerprint density at radius 1 is 1.11 bits per heavy atom. The van der Waals surface area contributed by atoms with Crippen LogP contribution >= 0.6 is 0 Å². The lowest BCUT2D eigenvalue weighted by molar-refractivity contribution is -0.132. The van der Waals surface area contributed by atoms with Gasteiger partial charge in [0.25, 0.3) is 0 Å². The topological polar surface area (TPSA) is 69.7 Å². The average Bonchev–Trinajstić information content (AvgIpc) is 2.66. The summed E-state index contributed by atoms with van der Waals surface area (Å²) in [4.78, 5) is 39.5. The summed E-state index contributed by atoms with van der Waals surface area (Å²) < 4.78 is 13.7. The van der Waals surface area contributed by atoms with Crippen LogP contribution in [-0.4, -0.2) is 36.2 Å². The van der Waals surface area contributed by atoms with Crippen LogP contribution in [0.5, 0.6) is 0 Å². The lowest BCUT2D eigenvalue weighted by Crippen LogP contribution is -2.42. The molecule has 1 aliphatic heterocycles. The number of halogens is 1. The van der Waals surface area contributed by atoms with Crippen LogP contribution in [0.4, 0.5) is 15.8 Å². The molecule has 6 nitrogen and oxygen atoms in total. The zero-order valence-corrected chi connectivity index (χ0v) is 14.9. The highest BCUT2D eigenvalue weighted by molar-refractivity contribution is 6.10. The molecule has 0 saturated heterocycles. The summed E-state index contributed by atoms with van der Waals surface area (Å²) in [7, 11) is 1.57. The van der Waals surface area contributed by atoms with Gasteiger partial charge in [-0.2, -0.15) is 0 Å². The van der Waals surface area contributed by atoms with Crippen LogP contribution < -0.4 is 10.2 Å². The lowest BCUT2D eigenvalue weighted by Gasteiger charge is -2.29. The fourth-order valence-corrected chi connectivity index (χ4v) is 2.97. The molecular formula is C20H20FN3O3. The van der Waals surface area contributed by atoms with Crippen molar-refractivity contribution in [1.82, 2.24) is 4.90 Å². The van der Waals surface area contributed by atoms with Gasteiger partial charge in [0.2, 0.25) is 17.7 Å². The number of carbonyl (C=O) groups excluding carboxylic acids is 3. The average molecular weight is 369 g/mol. The van der Waals surface area contributed by atoms with Gasteiger partial charge >= 0.3 is 0 Å². The van der Waals surface area contributed by atoms with E-state index in [2.05, 4.69) is 5.32 Å². The molecule has 0 bridgehead atoms. The molecule has 0 saturated carbocycles. The minimum absolute atomic E-state index is 0.00985. The maximum atomic E-state index is 13.7. The van der Waals surface area contributed by atoms with Crippen molar-refractivity contribution in [2.24, 2.45) is 0 Å². The molecule has 2 aromatic carbocycles. The Labute approximate surface area is 156 Å². The SMILES string of the molecule is CN(Cc1ccccc1F)C(=O)CCC(=O)N1CC(=O)Nc2ccccc21. The molecule has 0 aliphatic carbocycles. The van der Waals surface area contributed by atoms with Gasteiger partial charge < -0.3 is 15.1 Å². The second-order valence-electron chi connectivity index (χ2n) is 6.39. The summed E-state index contributed by atoms with van der Waals surface area (Å²) in [6.07, 6.45) is -0.0356. The molecule has 2 aromatic rings. The quantitative estimate of drug-likeness (QED) is 0.881. The summed E-state index contributed by atoms with van der Waals surface area (Å²) >= 11 is 0. The van der Waals surface area contributed by atoms with Crippen LogP contribution in [0.15, 0.2) is 48.5 Å². The molecule has 0 aromatic heterocycles. The van der Waals surface area contributed by atoms with Gasteiger partial charge in [0.05, 0.1) is 11.4 Å². The molecule has 27 heavy (non-hydrogen) atoms. The number of anilines is 2. The van der Waals surface area contributed by atoms with E-state index in [1.165, 1.54) is 15.9 Å². The number of hydrogen-bond donors (Lipinski definition) is 1. The third kappa shape index (κ3) is 4.31. The van der Waals surface area contributed by atoms with E-state index in [9.17, 15) is 18.8 Å². The molecule has 3 rings (SSSR count). The molecule has 1 aliphatic rings. The fourth-order valence-electron chi connectivity index (χ4n) is 2.97. The van der Waals surface area contributed by atoms with E-state index < -0.39 is 0 Å². The lowest BCUT2D eigenvalue weighted by atomic mass is 10.1. The Balaban J connectivity index is 1.60. The van der Waals surface area contributed by atoms with E-state index in [1.807, 2.05) is 0 Å². The number of carbonyl (C=O) groups is 3. The standard InChI is InChI=1S/C20H20FN3O3/c1-23(12-14-6-2-3-7-15(14)21)19(26)10-11-20(27)24-13-18(25)22-16-8-4-5-9-17(16)24/h2-9H,10-13H2,1H3,(H,22,25). The number of para-hydroxylation sites is 2. The first-order chi connectivity index (χ1) is 13.0. The predicted molar refractivity (Wildman–Crippen MR) is 99.5 cm³/mol. The number of nitrogens with one attached hydrogen (secondary N) is 1. The first-order valence-corrected chi connectivity index (χ1v) is 8.62. The smallest absolute Gasteiger partial charge is 0.244 e. The largest absolute Gasteiger partial charge is 0.341 e. The number of amides is 3. The summed E-state index contributed by atoms with van der Waals surface area (Å²) in [6.45, 7) is 0.0593. The van der Waals surface area contributed by atoms with Crippen molar-refractivity contribution < 1.29 is 18.8 Å². The Morgan fingerprint density at radius 2 is 1.81 bits per heavy atom. The van der Waals surface area contributed by atoms with E-state index in [4.69, 9.17) is 0 Å². The van der Waals surface area contributed by atoms with Gasteiger partial charge in [-0.1, -0.05) is 30.3 Å². The van der Waals surface area contributed by atoms with Crippen LogP contribution in [0, 0.1) is 5.82 Å². The van der Waals surface area contributed by atoms with Gasteiger partial charge in [0.1, 0.15) is 12.4 Å². The molecule has 140 valence electrons. The minimum Gasteiger partial charge on any atom is -0.341 e. The van der Waals surface area contributed by atoms with Gasteiger partial charge in [0, 0.05) is 32.0 Å². The van der Waals surface area contributed by atoms with Crippen LogP contribution in [0.2, 0.25) is 0 Å². The first-order valence-electron chi connectivity index (χ1n) is 8.62. The molecule has 0 unspecified atom stereocenters. The van der Waals surface area contributed by atoms with Gasteiger partial charge in [-0.15, -0.1) is 0 Å². The van der Waals surface area contributed by atoms with E-state index >= 15 is 0 Å². The second-order valence-corrected chi connectivity index (χ2v) is 6.39. The molecule has 0 fully saturated rings. The molecule has 3 amide bonds. The Kier molecular flexibility index (Phi) is 5.49. The minimum atomic E-state index is -0.371. The van der Waals surface area contributed by atoms with E-state index in [1.54, 1.807) is 49.5 Å². The monoisotopic (exact) mass is 369 g/mol. The van der Waals surface area contributed by atoms with Gasteiger partial charge in [0.15, 0.2) is 0 Å². The molecule has 1 heterocycles. The van der Waals surface area contributed by atoms with E-state index in [-0.39, 0.29) is 49.5 Å². The zero-order valence-electron chi connectivity index (χ0n) is 14.9. The van der Waals surface area contributed by atoms with Crippen molar-refractivity contribution in [1.29, 1.82) is 0 Å². The summed E-state index contributed by atoms with van der Waals surface area (Å²) in [5, 5.41) is 2.72. The normalized spacial score (nSPS) is 13.0. The van der Waals surface area contributed by atoms with Gasteiger partial charge in [-0.3, -0.25) is 14.4 Å². The van der Waals surface area contributed by atoms with Crippen molar-refractivity contribution >= 4 is 29.1 Å². The zero-order chi connectivity index (χ0) is 19.4. The number of benzene rings is 2. The summed E-state index contributed by atoms with van der Waals surface area (Å²) in [6, 6.07) is 13.3. The number of hydrogen-bond acceptors (Lipinski definition) is 3. The Morgan fingerprint density at radius 3 is 2.59 bits per heavy atom. The maximum absolute atomic E-state index is 13.7. The van der Waals surface area contributed by atoms with Crippen molar-refractivity contribution in [3.8, 4) is 0 Å². The Hall–Kier alpha value is -3.22. The highest BCUT2D eigenvalue weighted by atomic mass is 19.1. The van der Waals surface area contributed by atoms with Crippen LogP contribution in [0.3, 0.4) is 0 Å². The maximum Gasteiger partial charge on any atom is 0.244 e. The highest BCUT2D eigenvalue weighted by Crippen LogP contribution is 2.29. The molecule has 0 radical (unpaired) electrons. The number of fused-ring (bicyclic) bond motifs is 1. The molecule has 7 heteroatoms. The predicted octanol–water partition coefficient (Wildman–Crippen LogP) is 2.55. The van der Waals surface area contributed by atoms with E-state index in [0.29, 0.717) is 16.9 Å². The number of nitrogens with zero attached hydrogens (tertiary/aromatic N) is 2. The van der Waals surface area contributed by atoms with Crippen LogP contribution in [0.1, 0.15) is 18.4 Å². The summed E-state index contributed by atoms with van der Waals surface area (Å²) in [5.41, 5.74) is 1.61. The van der Waals surface area contributed by atoms with Crippen molar-refractivity contribution in [3.63, 3.8) is 0 Å². The second kappa shape index (κ2) is 7.99. The van der Waals surface area contributed by atoms with Crippen molar-refractivity contribution in [2.45, 2.75) is 19.4 Å². The fraction of sp³-hybridized carbons (Fsp3) is 0.250. The Bertz CT molecular complexity index is 884. The first kappa shape index (κ1) is 18.6.